The van der Waals surface area contributed by atoms with Gasteiger partial charge in [-0.2, -0.15) is 0 Å². The summed E-state index contributed by atoms with van der Waals surface area (Å²) < 4.78 is 10.6. The number of para-hydroxylation sites is 1. The highest BCUT2D eigenvalue weighted by Gasteiger charge is 2.14. The molecule has 6 heteroatoms. The molecule has 1 aromatic carbocycles. The van der Waals surface area contributed by atoms with Gasteiger partial charge in [0.1, 0.15) is 5.82 Å². The summed E-state index contributed by atoms with van der Waals surface area (Å²) in [7, 11) is 3.10. The minimum absolute atomic E-state index is 0.219. The molecule has 0 amide bonds. The molecule has 0 bridgehead atoms. The monoisotopic (exact) mass is 275 g/mol. The maximum atomic E-state index is 11.7. The van der Waals surface area contributed by atoms with Gasteiger partial charge in [-0.05, 0) is 18.7 Å². The molecule has 0 aliphatic carbocycles. The van der Waals surface area contributed by atoms with E-state index >= 15 is 0 Å². The van der Waals surface area contributed by atoms with E-state index in [1.807, 2.05) is 12.1 Å². The second kappa shape index (κ2) is 6.21. The van der Waals surface area contributed by atoms with Crippen LogP contribution in [-0.4, -0.2) is 30.7 Å². The molecule has 2 aromatic rings. The zero-order valence-electron chi connectivity index (χ0n) is 11.5. The third-order valence-electron chi connectivity index (χ3n) is 2.85. The number of benzene rings is 1. The van der Waals surface area contributed by atoms with Crippen LogP contribution in [0.15, 0.2) is 29.1 Å². The van der Waals surface area contributed by atoms with Gasteiger partial charge < -0.3 is 20.2 Å². The van der Waals surface area contributed by atoms with Crippen molar-refractivity contribution in [3.63, 3.8) is 0 Å². The Morgan fingerprint density at radius 2 is 2.10 bits per heavy atom. The Hall–Kier alpha value is -2.34. The van der Waals surface area contributed by atoms with Crippen LogP contribution in [0, 0.1) is 0 Å². The molecule has 0 aliphatic heterocycles. The van der Waals surface area contributed by atoms with E-state index in [1.165, 1.54) is 6.07 Å². The molecule has 0 spiro atoms. The maximum Gasteiger partial charge on any atom is 0.251 e. The number of nitrogens with one attached hydrogen (secondary N) is 1. The van der Waals surface area contributed by atoms with Gasteiger partial charge in [0.05, 0.1) is 19.8 Å². The molecule has 0 saturated carbocycles. The Bertz CT molecular complexity index is 652. The topological polar surface area (TPSA) is 90.2 Å². The molecule has 1 aromatic heterocycles. The molecule has 20 heavy (non-hydrogen) atoms. The van der Waals surface area contributed by atoms with E-state index in [-0.39, 0.29) is 5.56 Å². The lowest BCUT2D eigenvalue weighted by Crippen LogP contribution is -2.13. The van der Waals surface area contributed by atoms with Crippen molar-refractivity contribution in [2.45, 2.75) is 6.42 Å². The number of H-pyrrole nitrogens is 1. The normalized spacial score (nSPS) is 10.3. The van der Waals surface area contributed by atoms with Crippen molar-refractivity contribution in [1.82, 2.24) is 9.97 Å². The summed E-state index contributed by atoms with van der Waals surface area (Å²) in [5.74, 6) is 1.55. The van der Waals surface area contributed by atoms with Gasteiger partial charge >= 0.3 is 0 Å². The van der Waals surface area contributed by atoms with E-state index in [0.717, 1.165) is 0 Å². The van der Waals surface area contributed by atoms with Gasteiger partial charge in [-0.25, -0.2) is 4.98 Å². The lowest BCUT2D eigenvalue weighted by atomic mass is 10.1. The van der Waals surface area contributed by atoms with Crippen LogP contribution >= 0.6 is 0 Å². The first-order valence-corrected chi connectivity index (χ1v) is 6.21. The Kier molecular flexibility index (Phi) is 4.37. The third kappa shape index (κ3) is 2.80. The van der Waals surface area contributed by atoms with Crippen LogP contribution in [0.2, 0.25) is 0 Å². The third-order valence-corrected chi connectivity index (χ3v) is 2.85. The molecule has 3 N–H and O–H groups in total. The molecular formula is C14H17N3O3. The molecule has 0 fully saturated rings. The Labute approximate surface area is 116 Å². The van der Waals surface area contributed by atoms with E-state index < -0.39 is 0 Å². The van der Waals surface area contributed by atoms with Gasteiger partial charge in [0.2, 0.25) is 0 Å². The van der Waals surface area contributed by atoms with Crippen LogP contribution in [0.4, 0.5) is 0 Å². The SMILES string of the molecule is COc1cccc(-c2nc(CCN)cc(=O)[nH]2)c1OC. The van der Waals surface area contributed by atoms with Crippen LogP contribution in [0.25, 0.3) is 11.4 Å². The van der Waals surface area contributed by atoms with Gasteiger partial charge in [0.15, 0.2) is 11.5 Å². The Morgan fingerprint density at radius 1 is 1.30 bits per heavy atom. The summed E-state index contributed by atoms with van der Waals surface area (Å²) in [6.45, 7) is 0.436. The largest absolute Gasteiger partial charge is 0.493 e. The highest BCUT2D eigenvalue weighted by atomic mass is 16.5. The first-order valence-electron chi connectivity index (χ1n) is 6.21. The molecule has 1 heterocycles. The number of hydrogen-bond acceptors (Lipinski definition) is 5. The second-order valence-corrected chi connectivity index (χ2v) is 4.17. The first kappa shape index (κ1) is 14.1. The molecule has 0 radical (unpaired) electrons. The Balaban J connectivity index is 2.59. The van der Waals surface area contributed by atoms with Crippen LogP contribution in [-0.2, 0) is 6.42 Å². The van der Waals surface area contributed by atoms with Crippen molar-refractivity contribution >= 4 is 0 Å². The summed E-state index contributed by atoms with van der Waals surface area (Å²) in [6.07, 6.45) is 0.545. The van der Waals surface area contributed by atoms with Gasteiger partial charge in [-0.1, -0.05) is 6.07 Å². The van der Waals surface area contributed by atoms with Crippen molar-refractivity contribution in [3.05, 3.63) is 40.3 Å². The fourth-order valence-corrected chi connectivity index (χ4v) is 1.99. The van der Waals surface area contributed by atoms with Crippen LogP contribution in [0.3, 0.4) is 0 Å². The number of nitrogens with zero attached hydrogens (tertiary/aromatic N) is 1. The number of ether oxygens (including phenoxy) is 2. The minimum atomic E-state index is -0.219. The molecule has 0 unspecified atom stereocenters. The zero-order chi connectivity index (χ0) is 14.5. The van der Waals surface area contributed by atoms with E-state index in [2.05, 4.69) is 9.97 Å². The van der Waals surface area contributed by atoms with Gasteiger partial charge in [0.25, 0.3) is 5.56 Å². The lowest BCUT2D eigenvalue weighted by molar-refractivity contribution is 0.356. The van der Waals surface area contributed by atoms with Crippen LogP contribution in [0.5, 0.6) is 11.5 Å². The molecule has 0 atom stereocenters. The van der Waals surface area contributed by atoms with Crippen LogP contribution in [0.1, 0.15) is 5.69 Å². The van der Waals surface area contributed by atoms with E-state index in [1.54, 1.807) is 20.3 Å². The molecule has 2 rings (SSSR count). The fraction of sp³-hybridized carbons (Fsp3) is 0.286. The number of nitrogens with two attached hydrogens (primary N) is 1. The summed E-state index contributed by atoms with van der Waals surface area (Å²) in [5.41, 5.74) is 6.60. The molecule has 6 nitrogen and oxygen atoms in total. The standard InChI is InChI=1S/C14H17N3O3/c1-19-11-5-3-4-10(13(11)20-2)14-16-9(6-7-15)8-12(18)17-14/h3-5,8H,6-7,15H2,1-2H3,(H,16,17,18). The number of rotatable bonds is 5. The second-order valence-electron chi connectivity index (χ2n) is 4.17. The molecular weight excluding hydrogens is 258 g/mol. The maximum absolute atomic E-state index is 11.7. The molecule has 0 saturated heterocycles. The predicted molar refractivity (Wildman–Crippen MR) is 76.2 cm³/mol. The van der Waals surface area contributed by atoms with Crippen molar-refractivity contribution < 1.29 is 9.47 Å². The fourth-order valence-electron chi connectivity index (χ4n) is 1.99. The quantitative estimate of drug-likeness (QED) is 0.848. The zero-order valence-corrected chi connectivity index (χ0v) is 11.5. The van der Waals surface area contributed by atoms with Crippen molar-refractivity contribution in [1.29, 1.82) is 0 Å². The summed E-state index contributed by atoms with van der Waals surface area (Å²) >= 11 is 0. The molecule has 106 valence electrons. The number of aromatic amines is 1. The predicted octanol–water partition coefficient (Wildman–Crippen LogP) is 0.955. The summed E-state index contributed by atoms with van der Waals surface area (Å²) in [6, 6.07) is 6.85. The lowest BCUT2D eigenvalue weighted by Gasteiger charge is -2.12. The summed E-state index contributed by atoms with van der Waals surface area (Å²) in [4.78, 5) is 18.8. The van der Waals surface area contributed by atoms with E-state index in [0.29, 0.717) is 41.5 Å². The minimum Gasteiger partial charge on any atom is -0.493 e. The average Bonchev–Trinajstić information content (AvgIpc) is 2.46. The average molecular weight is 275 g/mol. The van der Waals surface area contributed by atoms with E-state index in [4.69, 9.17) is 15.2 Å². The highest BCUT2D eigenvalue weighted by molar-refractivity contribution is 5.68. The van der Waals surface area contributed by atoms with Gasteiger partial charge in [0, 0.05) is 18.2 Å². The van der Waals surface area contributed by atoms with Crippen LogP contribution < -0.4 is 20.8 Å². The van der Waals surface area contributed by atoms with Crippen molar-refractivity contribution in [3.8, 4) is 22.9 Å². The van der Waals surface area contributed by atoms with E-state index in [9.17, 15) is 4.79 Å². The number of hydrogen-bond donors (Lipinski definition) is 2. The summed E-state index contributed by atoms with van der Waals surface area (Å²) in [5, 5.41) is 0. The van der Waals surface area contributed by atoms with Crippen molar-refractivity contribution in [2.75, 3.05) is 20.8 Å². The van der Waals surface area contributed by atoms with Crippen molar-refractivity contribution in [2.24, 2.45) is 5.73 Å². The molecule has 0 aliphatic rings. The highest BCUT2D eigenvalue weighted by Crippen LogP contribution is 2.35. The first-order chi connectivity index (χ1) is 9.69. The van der Waals surface area contributed by atoms with Gasteiger partial charge in [-0.15, -0.1) is 0 Å². The Morgan fingerprint density at radius 3 is 2.75 bits per heavy atom. The number of aromatic nitrogens is 2. The van der Waals surface area contributed by atoms with Gasteiger partial charge in [-0.3, -0.25) is 4.79 Å². The number of methoxy groups -OCH3 is 2. The smallest absolute Gasteiger partial charge is 0.251 e.